The van der Waals surface area contributed by atoms with Gasteiger partial charge in [0, 0.05) is 25.7 Å². The van der Waals surface area contributed by atoms with Crippen molar-refractivity contribution in [3.05, 3.63) is 63.1 Å². The molecule has 0 radical (unpaired) electrons. The van der Waals surface area contributed by atoms with E-state index in [0.29, 0.717) is 10.0 Å². The lowest BCUT2D eigenvalue weighted by Crippen LogP contribution is -2.48. The Hall–Kier alpha value is -2.08. The Kier molecular flexibility index (Phi) is 7.08. The van der Waals surface area contributed by atoms with Crippen molar-refractivity contribution in [3.8, 4) is 0 Å². The average Bonchev–Trinajstić information content (AvgIpc) is 3.29. The lowest BCUT2D eigenvalue weighted by atomic mass is 9.82. The lowest BCUT2D eigenvalue weighted by molar-refractivity contribution is -0.133. The molecule has 2 aromatic carbocycles. The highest BCUT2D eigenvalue weighted by molar-refractivity contribution is 6.42. The Morgan fingerprint density at radius 2 is 1.84 bits per heavy atom. The number of likely N-dealkylation sites (N-methyl/N-ethyl adjacent to an activating group) is 1. The number of hydrogen-bond donors (Lipinski definition) is 1. The number of carbonyl (C=O) groups is 2. The van der Waals surface area contributed by atoms with Crippen LogP contribution in [0.5, 0.6) is 0 Å². The van der Waals surface area contributed by atoms with Crippen LogP contribution in [0.3, 0.4) is 0 Å². The highest BCUT2D eigenvalue weighted by Gasteiger charge is 2.38. The van der Waals surface area contributed by atoms with Crippen molar-refractivity contribution in [3.63, 3.8) is 0 Å². The molecule has 2 aliphatic rings. The maximum atomic E-state index is 13.4. The minimum Gasteiger partial charge on any atom is -0.337 e. The third kappa shape index (κ3) is 4.95. The smallest absolute Gasteiger partial charge is 0.227 e. The number of likely N-dealkylation sites (tertiary alicyclic amines) is 1. The molecule has 1 N–H and O–H groups in total. The molecule has 5 nitrogen and oxygen atoms in total. The number of fused-ring (bicyclic) bond motifs is 1. The van der Waals surface area contributed by atoms with Crippen molar-refractivity contribution in [2.24, 2.45) is 0 Å². The number of rotatable bonds is 5. The second kappa shape index (κ2) is 9.82. The lowest BCUT2D eigenvalue weighted by Gasteiger charge is -2.43. The van der Waals surface area contributed by atoms with Crippen LogP contribution in [-0.2, 0) is 22.4 Å². The summed E-state index contributed by atoms with van der Waals surface area (Å²) < 4.78 is 0. The number of amides is 2. The number of halogens is 2. The van der Waals surface area contributed by atoms with Gasteiger partial charge in [0.05, 0.1) is 22.5 Å². The van der Waals surface area contributed by atoms with Gasteiger partial charge >= 0.3 is 0 Å². The monoisotopic (exact) mass is 473 g/mol. The van der Waals surface area contributed by atoms with Gasteiger partial charge in [-0.3, -0.25) is 14.5 Å². The van der Waals surface area contributed by atoms with E-state index in [4.69, 9.17) is 23.2 Å². The van der Waals surface area contributed by atoms with Gasteiger partial charge in [0.1, 0.15) is 0 Å². The minimum absolute atomic E-state index is 0.0374. The number of nitrogens with one attached hydrogen (secondary N) is 1. The summed E-state index contributed by atoms with van der Waals surface area (Å²) in [6, 6.07) is 11.6. The Bertz CT molecular complexity index is 1020. The molecule has 32 heavy (non-hydrogen) atoms. The quantitative estimate of drug-likeness (QED) is 0.656. The van der Waals surface area contributed by atoms with Crippen LogP contribution in [0.25, 0.3) is 0 Å². The van der Waals surface area contributed by atoms with Crippen LogP contribution in [0, 0.1) is 0 Å². The van der Waals surface area contributed by atoms with Crippen molar-refractivity contribution in [2.45, 2.75) is 51.1 Å². The van der Waals surface area contributed by atoms with E-state index in [9.17, 15) is 9.59 Å². The first kappa shape index (κ1) is 23.1. The predicted octanol–water partition coefficient (Wildman–Crippen LogP) is 5.10. The molecule has 0 saturated carbocycles. The molecule has 7 heteroatoms. The van der Waals surface area contributed by atoms with Crippen LogP contribution < -0.4 is 5.32 Å². The second-order valence-corrected chi connectivity index (χ2v) is 9.63. The summed E-state index contributed by atoms with van der Waals surface area (Å²) in [5.74, 6) is -0.0622. The summed E-state index contributed by atoms with van der Waals surface area (Å²) in [5.41, 5.74) is 3.99. The first-order valence-corrected chi connectivity index (χ1v) is 11.9. The van der Waals surface area contributed by atoms with E-state index in [0.717, 1.165) is 42.7 Å². The third-order valence-corrected chi connectivity index (χ3v) is 7.36. The van der Waals surface area contributed by atoms with E-state index in [2.05, 4.69) is 16.3 Å². The van der Waals surface area contributed by atoms with Crippen LogP contribution in [0.4, 0.5) is 5.69 Å². The summed E-state index contributed by atoms with van der Waals surface area (Å²) in [6.07, 6.45) is 4.65. The predicted molar refractivity (Wildman–Crippen MR) is 129 cm³/mol. The number of benzene rings is 2. The molecule has 2 unspecified atom stereocenters. The van der Waals surface area contributed by atoms with Crippen molar-refractivity contribution in [1.82, 2.24) is 9.80 Å². The van der Waals surface area contributed by atoms with Crippen molar-refractivity contribution < 1.29 is 9.59 Å². The van der Waals surface area contributed by atoms with Crippen LogP contribution in [-0.4, -0.2) is 47.8 Å². The molecule has 1 fully saturated rings. The van der Waals surface area contributed by atoms with E-state index in [-0.39, 0.29) is 30.3 Å². The summed E-state index contributed by atoms with van der Waals surface area (Å²) in [4.78, 5) is 29.5. The Morgan fingerprint density at radius 3 is 2.53 bits per heavy atom. The molecule has 4 rings (SSSR count). The van der Waals surface area contributed by atoms with Gasteiger partial charge in [0.25, 0.3) is 0 Å². The molecule has 2 atom stereocenters. The van der Waals surface area contributed by atoms with E-state index < -0.39 is 0 Å². The van der Waals surface area contributed by atoms with Crippen molar-refractivity contribution in [1.29, 1.82) is 0 Å². The summed E-state index contributed by atoms with van der Waals surface area (Å²) in [6.45, 7) is 3.64. The molecule has 1 aliphatic carbocycles. The fourth-order valence-corrected chi connectivity index (χ4v) is 5.39. The molecular weight excluding hydrogens is 445 g/mol. The maximum absolute atomic E-state index is 13.4. The van der Waals surface area contributed by atoms with Crippen LogP contribution >= 0.6 is 23.2 Å². The second-order valence-electron chi connectivity index (χ2n) is 8.82. The van der Waals surface area contributed by atoms with Gasteiger partial charge in [-0.2, -0.15) is 0 Å². The Morgan fingerprint density at radius 1 is 1.09 bits per heavy atom. The molecule has 1 aliphatic heterocycles. The van der Waals surface area contributed by atoms with Gasteiger partial charge in [-0.25, -0.2) is 0 Å². The molecule has 0 aromatic heterocycles. The normalized spacial score (nSPS) is 20.6. The molecule has 0 spiro atoms. The molecule has 1 saturated heterocycles. The number of aryl methyl sites for hydroxylation is 1. The zero-order valence-corrected chi connectivity index (χ0v) is 20.0. The zero-order valence-electron chi connectivity index (χ0n) is 18.5. The summed E-state index contributed by atoms with van der Waals surface area (Å²) in [5, 5.41) is 3.84. The fourth-order valence-electron chi connectivity index (χ4n) is 5.07. The number of hydrogen-bond acceptors (Lipinski definition) is 3. The number of nitrogens with zero attached hydrogens (tertiary/aromatic N) is 2. The first-order valence-electron chi connectivity index (χ1n) is 11.2. The fraction of sp³-hybridized carbons (Fsp3) is 0.440. The van der Waals surface area contributed by atoms with Gasteiger partial charge in [-0.15, -0.1) is 0 Å². The van der Waals surface area contributed by atoms with Gasteiger partial charge in [-0.05, 0) is 79.7 Å². The minimum atomic E-state index is -0.0996. The highest BCUT2D eigenvalue weighted by atomic mass is 35.5. The number of anilines is 1. The van der Waals surface area contributed by atoms with Gasteiger partial charge in [0.2, 0.25) is 11.8 Å². The van der Waals surface area contributed by atoms with Crippen LogP contribution in [0.15, 0.2) is 36.4 Å². The summed E-state index contributed by atoms with van der Waals surface area (Å²) >= 11 is 12.2. The van der Waals surface area contributed by atoms with Crippen molar-refractivity contribution in [2.75, 3.05) is 25.5 Å². The van der Waals surface area contributed by atoms with E-state index >= 15 is 0 Å². The molecule has 170 valence electrons. The molecule has 0 bridgehead atoms. The van der Waals surface area contributed by atoms with Crippen molar-refractivity contribution >= 4 is 40.7 Å². The average molecular weight is 474 g/mol. The maximum Gasteiger partial charge on any atom is 0.227 e. The van der Waals surface area contributed by atoms with E-state index in [1.54, 1.807) is 12.1 Å². The van der Waals surface area contributed by atoms with Crippen LogP contribution in [0.1, 0.15) is 48.9 Å². The Labute approximate surface area is 199 Å². The third-order valence-electron chi connectivity index (χ3n) is 6.62. The molecule has 1 heterocycles. The topological polar surface area (TPSA) is 52.7 Å². The van der Waals surface area contributed by atoms with Gasteiger partial charge < -0.3 is 10.2 Å². The Balaban J connectivity index is 1.65. The standard InChI is InChI=1S/C25H29Cl2N3O2/c1-16(31)28-19-8-6-18-7-10-23(30-11-3-4-12-30)25(20(18)15-19)29(2)24(32)14-17-5-9-21(26)22(27)13-17/h5-6,8-9,13,15,23,25H,3-4,7,10-12,14H2,1-2H3,(H,28,31). The van der Waals surface area contributed by atoms with E-state index in [1.807, 2.05) is 30.1 Å². The highest BCUT2D eigenvalue weighted by Crippen LogP contribution is 2.39. The van der Waals surface area contributed by atoms with E-state index in [1.165, 1.54) is 25.3 Å². The molecule has 2 amide bonds. The largest absolute Gasteiger partial charge is 0.337 e. The molecule has 2 aromatic rings. The van der Waals surface area contributed by atoms with Gasteiger partial charge in [-0.1, -0.05) is 35.3 Å². The number of carbonyl (C=O) groups excluding carboxylic acids is 2. The zero-order chi connectivity index (χ0) is 22.8. The summed E-state index contributed by atoms with van der Waals surface area (Å²) in [7, 11) is 1.90. The molecular formula is C25H29Cl2N3O2. The first-order chi connectivity index (χ1) is 15.3. The van der Waals surface area contributed by atoms with Gasteiger partial charge in [0.15, 0.2) is 0 Å². The SMILES string of the molecule is CC(=O)Nc1ccc2c(c1)C(N(C)C(=O)Cc1ccc(Cl)c(Cl)c1)C(N1CCCC1)CC2. The van der Waals surface area contributed by atoms with Crippen LogP contribution in [0.2, 0.25) is 10.0 Å².